The van der Waals surface area contributed by atoms with Gasteiger partial charge in [0.05, 0.1) is 11.7 Å². The number of hydrogen-bond acceptors (Lipinski definition) is 4. The van der Waals surface area contributed by atoms with Crippen LogP contribution in [0.4, 0.5) is 0 Å². The Hall–Kier alpha value is -1.75. The van der Waals surface area contributed by atoms with Crippen molar-refractivity contribution in [2.75, 3.05) is 0 Å². The first-order valence-electron chi connectivity index (χ1n) is 5.73. The van der Waals surface area contributed by atoms with Gasteiger partial charge in [-0.15, -0.1) is 0 Å². The monoisotopic (exact) mass is 231 g/mol. The highest BCUT2D eigenvalue weighted by Crippen LogP contribution is 2.11. The predicted octanol–water partition coefficient (Wildman–Crippen LogP) is 1.50. The average Bonchev–Trinajstić information content (AvgIpc) is 2.79. The van der Waals surface area contributed by atoms with Gasteiger partial charge < -0.3 is 5.73 Å². The van der Waals surface area contributed by atoms with Gasteiger partial charge in [-0.25, -0.2) is 9.97 Å². The molecule has 2 heterocycles. The Morgan fingerprint density at radius 2 is 2.00 bits per heavy atom. The quantitative estimate of drug-likeness (QED) is 0.865. The first-order valence-corrected chi connectivity index (χ1v) is 5.73. The van der Waals surface area contributed by atoms with E-state index in [4.69, 9.17) is 5.73 Å². The van der Waals surface area contributed by atoms with Gasteiger partial charge in [0.15, 0.2) is 0 Å². The largest absolute Gasteiger partial charge is 0.321 e. The molecule has 0 aliphatic rings. The molecule has 17 heavy (non-hydrogen) atoms. The van der Waals surface area contributed by atoms with Crippen molar-refractivity contribution >= 4 is 0 Å². The second-order valence-corrected chi connectivity index (χ2v) is 4.30. The van der Waals surface area contributed by atoms with E-state index < -0.39 is 0 Å². The van der Waals surface area contributed by atoms with E-state index in [0.29, 0.717) is 18.3 Å². The van der Waals surface area contributed by atoms with E-state index in [1.54, 1.807) is 18.5 Å². The van der Waals surface area contributed by atoms with Crippen LogP contribution in [0.25, 0.3) is 0 Å². The first-order chi connectivity index (χ1) is 8.16. The zero-order valence-electron chi connectivity index (χ0n) is 10.1. The third-order valence-corrected chi connectivity index (χ3v) is 2.54. The summed E-state index contributed by atoms with van der Waals surface area (Å²) < 4.78 is 1.92. The van der Waals surface area contributed by atoms with E-state index in [9.17, 15) is 0 Å². The summed E-state index contributed by atoms with van der Waals surface area (Å²) in [6.07, 6.45) is 6.03. The van der Waals surface area contributed by atoms with Crippen molar-refractivity contribution in [2.24, 2.45) is 5.73 Å². The third-order valence-electron chi connectivity index (χ3n) is 2.54. The van der Waals surface area contributed by atoms with E-state index in [1.165, 1.54) is 0 Å². The summed E-state index contributed by atoms with van der Waals surface area (Å²) in [4.78, 5) is 8.29. The molecule has 0 radical (unpaired) electrons. The van der Waals surface area contributed by atoms with Crippen molar-refractivity contribution in [1.82, 2.24) is 19.7 Å². The van der Waals surface area contributed by atoms with Crippen LogP contribution in [-0.4, -0.2) is 19.7 Å². The second-order valence-electron chi connectivity index (χ2n) is 4.30. The molecule has 0 aromatic carbocycles. The lowest BCUT2D eigenvalue weighted by molar-refractivity contribution is 0.521. The molecule has 5 heteroatoms. The summed E-state index contributed by atoms with van der Waals surface area (Å²) in [6, 6.07) is 3.94. The smallest absolute Gasteiger partial charge is 0.145 e. The lowest BCUT2D eigenvalue weighted by Crippen LogP contribution is -2.17. The van der Waals surface area contributed by atoms with Gasteiger partial charge in [0.2, 0.25) is 0 Å². The number of hydrogen-bond donors (Lipinski definition) is 1. The Balaban J connectivity index is 2.05. The maximum atomic E-state index is 6.04. The number of nitrogens with two attached hydrogens (primary N) is 1. The Bertz CT molecular complexity index is 463. The van der Waals surface area contributed by atoms with E-state index in [0.717, 1.165) is 5.69 Å². The molecule has 0 spiro atoms. The van der Waals surface area contributed by atoms with Crippen LogP contribution in [0.1, 0.15) is 37.4 Å². The van der Waals surface area contributed by atoms with E-state index in [1.807, 2.05) is 16.9 Å². The minimum absolute atomic E-state index is 0.202. The van der Waals surface area contributed by atoms with Crippen LogP contribution < -0.4 is 5.73 Å². The van der Waals surface area contributed by atoms with Gasteiger partial charge in [-0.2, -0.15) is 5.10 Å². The van der Waals surface area contributed by atoms with Crippen molar-refractivity contribution in [2.45, 2.75) is 32.4 Å². The van der Waals surface area contributed by atoms with Gasteiger partial charge in [-0.3, -0.25) is 4.68 Å². The molecule has 0 fully saturated rings. The summed E-state index contributed by atoms with van der Waals surface area (Å²) in [7, 11) is 0. The SMILES string of the molecule is CC(C)n1ccc(CC(N)c2ncccn2)n1. The Morgan fingerprint density at radius 1 is 1.29 bits per heavy atom. The van der Waals surface area contributed by atoms with Crippen LogP contribution in [-0.2, 0) is 6.42 Å². The fraction of sp³-hybridized carbons (Fsp3) is 0.417. The van der Waals surface area contributed by atoms with Crippen LogP contribution in [0, 0.1) is 0 Å². The Labute approximate surface area is 101 Å². The second kappa shape index (κ2) is 5.05. The van der Waals surface area contributed by atoms with Crippen LogP contribution >= 0.6 is 0 Å². The molecule has 0 aliphatic heterocycles. The third kappa shape index (κ3) is 2.88. The fourth-order valence-electron chi connectivity index (χ4n) is 1.59. The fourth-order valence-corrected chi connectivity index (χ4v) is 1.59. The predicted molar refractivity (Wildman–Crippen MR) is 65.3 cm³/mol. The van der Waals surface area contributed by atoms with E-state index in [2.05, 4.69) is 28.9 Å². The van der Waals surface area contributed by atoms with E-state index >= 15 is 0 Å². The summed E-state index contributed by atoms with van der Waals surface area (Å²) in [6.45, 7) is 4.19. The highest BCUT2D eigenvalue weighted by atomic mass is 15.3. The van der Waals surface area contributed by atoms with Crippen LogP contribution in [0.15, 0.2) is 30.7 Å². The number of aromatic nitrogens is 4. The molecular weight excluding hydrogens is 214 g/mol. The number of rotatable bonds is 4. The van der Waals surface area contributed by atoms with Crippen molar-refractivity contribution in [1.29, 1.82) is 0 Å². The molecule has 1 atom stereocenters. The van der Waals surface area contributed by atoms with Crippen molar-refractivity contribution < 1.29 is 0 Å². The molecule has 0 saturated heterocycles. The highest BCUT2D eigenvalue weighted by molar-refractivity contribution is 5.06. The zero-order chi connectivity index (χ0) is 12.3. The normalized spacial score (nSPS) is 12.9. The molecule has 0 bridgehead atoms. The zero-order valence-corrected chi connectivity index (χ0v) is 10.1. The molecule has 2 aromatic rings. The minimum atomic E-state index is -0.202. The van der Waals surface area contributed by atoms with Gasteiger partial charge in [0.25, 0.3) is 0 Å². The van der Waals surface area contributed by atoms with Crippen molar-refractivity contribution in [3.8, 4) is 0 Å². The summed E-state index contributed by atoms with van der Waals surface area (Å²) in [5.74, 6) is 0.659. The Morgan fingerprint density at radius 3 is 2.59 bits per heavy atom. The molecule has 1 unspecified atom stereocenters. The van der Waals surface area contributed by atoms with Gasteiger partial charge in [-0.1, -0.05) is 0 Å². The maximum absolute atomic E-state index is 6.04. The van der Waals surface area contributed by atoms with Crippen LogP contribution in [0.3, 0.4) is 0 Å². The van der Waals surface area contributed by atoms with Gasteiger partial charge >= 0.3 is 0 Å². The lowest BCUT2D eigenvalue weighted by atomic mass is 10.1. The topological polar surface area (TPSA) is 69.6 Å². The average molecular weight is 231 g/mol. The van der Waals surface area contributed by atoms with Crippen molar-refractivity contribution in [3.63, 3.8) is 0 Å². The highest BCUT2D eigenvalue weighted by Gasteiger charge is 2.11. The van der Waals surface area contributed by atoms with Crippen molar-refractivity contribution in [3.05, 3.63) is 42.2 Å². The molecule has 0 aliphatic carbocycles. The molecule has 2 N–H and O–H groups in total. The molecule has 0 saturated carbocycles. The number of nitrogens with zero attached hydrogens (tertiary/aromatic N) is 4. The molecule has 2 rings (SSSR count). The minimum Gasteiger partial charge on any atom is -0.321 e. The summed E-state index contributed by atoms with van der Waals surface area (Å²) >= 11 is 0. The van der Waals surface area contributed by atoms with E-state index in [-0.39, 0.29) is 6.04 Å². The summed E-state index contributed by atoms with van der Waals surface area (Å²) in [5, 5.41) is 4.46. The molecule has 2 aromatic heterocycles. The van der Waals surface area contributed by atoms with Gasteiger partial charge in [-0.05, 0) is 26.0 Å². The molecule has 5 nitrogen and oxygen atoms in total. The molecular formula is C12H17N5. The maximum Gasteiger partial charge on any atom is 0.145 e. The molecule has 0 amide bonds. The van der Waals surface area contributed by atoms with Gasteiger partial charge in [0, 0.05) is 31.1 Å². The standard InChI is InChI=1S/C12H17N5/c1-9(2)17-7-4-10(16-17)8-11(13)12-14-5-3-6-15-12/h3-7,9,11H,8,13H2,1-2H3. The molecule has 90 valence electrons. The first kappa shape index (κ1) is 11.7. The van der Waals surface area contributed by atoms with Gasteiger partial charge in [0.1, 0.15) is 5.82 Å². The Kier molecular flexibility index (Phi) is 3.49. The van der Waals surface area contributed by atoms with Crippen LogP contribution in [0.5, 0.6) is 0 Å². The lowest BCUT2D eigenvalue weighted by Gasteiger charge is -2.08. The summed E-state index contributed by atoms with van der Waals surface area (Å²) in [5.41, 5.74) is 7.01. The van der Waals surface area contributed by atoms with Crippen LogP contribution in [0.2, 0.25) is 0 Å².